The summed E-state index contributed by atoms with van der Waals surface area (Å²) >= 11 is 0. The van der Waals surface area contributed by atoms with E-state index in [9.17, 15) is 0 Å². The normalized spacial score (nSPS) is 17.6. The Morgan fingerprint density at radius 3 is 2.70 bits per heavy atom. The number of ether oxygens (including phenoxy) is 3. The molecule has 0 spiro atoms. The van der Waals surface area contributed by atoms with Crippen LogP contribution in [0.2, 0.25) is 0 Å². The van der Waals surface area contributed by atoms with Crippen molar-refractivity contribution in [3.63, 3.8) is 0 Å². The molecule has 0 aromatic heterocycles. The average Bonchev–Trinajstić information content (AvgIpc) is 3.12. The molecule has 1 aromatic rings. The van der Waals surface area contributed by atoms with E-state index < -0.39 is 0 Å². The van der Waals surface area contributed by atoms with Gasteiger partial charge < -0.3 is 24.4 Å². The molecule has 0 aliphatic carbocycles. The molecule has 152 valence electrons. The Morgan fingerprint density at radius 2 is 2.04 bits per heavy atom. The van der Waals surface area contributed by atoms with E-state index in [-0.39, 0.29) is 6.10 Å². The minimum absolute atomic E-state index is 0.191. The largest absolute Gasteiger partial charge is 0.491 e. The molecule has 1 aliphatic rings. The number of hydrogen-bond donors (Lipinski definition) is 1. The predicted molar refractivity (Wildman–Crippen MR) is 109 cm³/mol. The molecular formula is C21H35N3O3. The number of rotatable bonds is 10. The Morgan fingerprint density at radius 1 is 1.26 bits per heavy atom. The fourth-order valence-electron chi connectivity index (χ4n) is 3.09. The molecule has 1 aromatic carbocycles. The van der Waals surface area contributed by atoms with Crippen molar-refractivity contribution < 1.29 is 14.2 Å². The van der Waals surface area contributed by atoms with Gasteiger partial charge in [0.05, 0.1) is 32.5 Å². The number of hydrogen-bond acceptors (Lipinski definition) is 4. The molecule has 1 N–H and O–H groups in total. The van der Waals surface area contributed by atoms with Gasteiger partial charge in [0, 0.05) is 32.7 Å². The highest BCUT2D eigenvalue weighted by Crippen LogP contribution is 2.18. The van der Waals surface area contributed by atoms with Crippen molar-refractivity contribution in [3.8, 4) is 5.75 Å². The lowest BCUT2D eigenvalue weighted by atomic mass is 10.1. The molecule has 2 rings (SSSR count). The number of guanidine groups is 1. The minimum Gasteiger partial charge on any atom is -0.491 e. The fraction of sp³-hybridized carbons (Fsp3) is 0.667. The summed E-state index contributed by atoms with van der Waals surface area (Å²) in [5, 5.41) is 3.42. The molecule has 0 bridgehead atoms. The Bertz CT molecular complexity index is 560. The number of benzene rings is 1. The van der Waals surface area contributed by atoms with Gasteiger partial charge >= 0.3 is 0 Å². The highest BCUT2D eigenvalue weighted by Gasteiger charge is 2.24. The smallest absolute Gasteiger partial charge is 0.194 e. The van der Waals surface area contributed by atoms with Crippen molar-refractivity contribution in [2.45, 2.75) is 39.8 Å². The van der Waals surface area contributed by atoms with Gasteiger partial charge in [-0.15, -0.1) is 0 Å². The number of nitrogens with zero attached hydrogens (tertiary/aromatic N) is 2. The maximum absolute atomic E-state index is 5.70. The number of likely N-dealkylation sites (tertiary alicyclic amines) is 1. The number of nitrogens with one attached hydrogen (secondary N) is 1. The number of methoxy groups -OCH3 is 1. The lowest BCUT2D eigenvalue weighted by molar-refractivity contribution is 0.0536. The molecule has 0 amide bonds. The molecule has 1 unspecified atom stereocenters. The quantitative estimate of drug-likeness (QED) is 0.386. The van der Waals surface area contributed by atoms with E-state index in [1.165, 1.54) is 5.56 Å². The second-order valence-electron chi connectivity index (χ2n) is 7.15. The summed E-state index contributed by atoms with van der Waals surface area (Å²) in [6.07, 6.45) is 1.33. The van der Waals surface area contributed by atoms with Gasteiger partial charge in [0.15, 0.2) is 5.96 Å². The molecule has 27 heavy (non-hydrogen) atoms. The van der Waals surface area contributed by atoms with Gasteiger partial charge in [-0.2, -0.15) is 0 Å². The minimum atomic E-state index is 0.191. The predicted octanol–water partition coefficient (Wildman–Crippen LogP) is 2.92. The Kier molecular flexibility index (Phi) is 9.42. The summed E-state index contributed by atoms with van der Waals surface area (Å²) in [6.45, 7) is 11.8. The van der Waals surface area contributed by atoms with Crippen molar-refractivity contribution in [2.75, 3.05) is 46.6 Å². The fourth-order valence-corrected chi connectivity index (χ4v) is 3.09. The van der Waals surface area contributed by atoms with Gasteiger partial charge in [-0.25, -0.2) is 4.99 Å². The zero-order chi connectivity index (χ0) is 19.5. The van der Waals surface area contributed by atoms with Crippen LogP contribution >= 0.6 is 0 Å². The van der Waals surface area contributed by atoms with Crippen LogP contribution in [0.15, 0.2) is 29.3 Å². The van der Waals surface area contributed by atoms with Crippen molar-refractivity contribution in [3.05, 3.63) is 29.8 Å². The van der Waals surface area contributed by atoms with Gasteiger partial charge in [-0.1, -0.05) is 12.1 Å². The van der Waals surface area contributed by atoms with Crippen LogP contribution in [0.1, 0.15) is 32.8 Å². The van der Waals surface area contributed by atoms with Crippen LogP contribution < -0.4 is 10.1 Å². The van der Waals surface area contributed by atoms with Crippen LogP contribution in [0.3, 0.4) is 0 Å². The van der Waals surface area contributed by atoms with Crippen LogP contribution in [0.5, 0.6) is 5.75 Å². The molecule has 1 heterocycles. The first-order chi connectivity index (χ1) is 13.1. The topological polar surface area (TPSA) is 55.3 Å². The Hall–Kier alpha value is -1.79. The van der Waals surface area contributed by atoms with E-state index in [0.29, 0.717) is 25.7 Å². The Labute approximate surface area is 163 Å². The second-order valence-corrected chi connectivity index (χ2v) is 7.15. The first-order valence-electron chi connectivity index (χ1n) is 9.98. The lowest BCUT2D eigenvalue weighted by Crippen LogP contribution is -2.40. The molecule has 1 aliphatic heterocycles. The van der Waals surface area contributed by atoms with E-state index in [0.717, 1.165) is 44.4 Å². The summed E-state index contributed by atoms with van der Waals surface area (Å²) in [5.74, 6) is 2.44. The molecule has 1 saturated heterocycles. The summed E-state index contributed by atoms with van der Waals surface area (Å²) in [5.41, 5.74) is 1.18. The SMILES string of the molecule is CCNC(=NCc1ccc(OC(C)C)cc1)N1CCC(COCCOC)C1. The van der Waals surface area contributed by atoms with E-state index in [1.54, 1.807) is 7.11 Å². The van der Waals surface area contributed by atoms with Crippen LogP contribution in [0.4, 0.5) is 0 Å². The van der Waals surface area contributed by atoms with Gasteiger partial charge in [0.25, 0.3) is 0 Å². The van der Waals surface area contributed by atoms with Crippen molar-refractivity contribution in [2.24, 2.45) is 10.9 Å². The first-order valence-corrected chi connectivity index (χ1v) is 9.98. The summed E-state index contributed by atoms with van der Waals surface area (Å²) in [6, 6.07) is 8.20. The van der Waals surface area contributed by atoms with Gasteiger partial charge in [0.2, 0.25) is 0 Å². The molecule has 1 fully saturated rings. The van der Waals surface area contributed by atoms with Gasteiger partial charge in [0.1, 0.15) is 5.75 Å². The zero-order valence-corrected chi connectivity index (χ0v) is 17.2. The molecular weight excluding hydrogens is 342 g/mol. The first kappa shape index (κ1) is 21.5. The van der Waals surface area contributed by atoms with E-state index >= 15 is 0 Å². The van der Waals surface area contributed by atoms with E-state index in [2.05, 4.69) is 29.3 Å². The van der Waals surface area contributed by atoms with Crippen LogP contribution in [-0.4, -0.2) is 63.5 Å². The highest BCUT2D eigenvalue weighted by molar-refractivity contribution is 5.80. The van der Waals surface area contributed by atoms with E-state index in [4.69, 9.17) is 19.2 Å². The Balaban J connectivity index is 1.86. The maximum atomic E-state index is 5.70. The molecule has 0 saturated carbocycles. The third-order valence-electron chi connectivity index (χ3n) is 4.41. The summed E-state index contributed by atoms with van der Waals surface area (Å²) < 4.78 is 16.4. The third kappa shape index (κ3) is 7.77. The van der Waals surface area contributed by atoms with Crippen LogP contribution in [0, 0.1) is 5.92 Å². The molecule has 6 heteroatoms. The molecule has 6 nitrogen and oxygen atoms in total. The van der Waals surface area contributed by atoms with Gasteiger partial charge in [-0.3, -0.25) is 0 Å². The molecule has 1 atom stereocenters. The number of aliphatic imine (C=N–C) groups is 1. The monoisotopic (exact) mass is 377 g/mol. The van der Waals surface area contributed by atoms with Crippen molar-refractivity contribution in [1.29, 1.82) is 0 Å². The summed E-state index contributed by atoms with van der Waals surface area (Å²) in [7, 11) is 1.70. The molecule has 0 radical (unpaired) electrons. The zero-order valence-electron chi connectivity index (χ0n) is 17.2. The lowest BCUT2D eigenvalue weighted by Gasteiger charge is -2.21. The standard InChI is InChI=1S/C21H35N3O3/c1-5-22-21(24-11-10-19(15-24)16-26-13-12-25-4)23-14-18-6-8-20(9-7-18)27-17(2)3/h6-9,17,19H,5,10-16H2,1-4H3,(H,22,23). The van der Waals surface area contributed by atoms with Crippen molar-refractivity contribution >= 4 is 5.96 Å². The summed E-state index contributed by atoms with van der Waals surface area (Å²) in [4.78, 5) is 7.17. The van der Waals surface area contributed by atoms with E-state index in [1.807, 2.05) is 26.0 Å². The van der Waals surface area contributed by atoms with Crippen molar-refractivity contribution in [1.82, 2.24) is 10.2 Å². The highest BCUT2D eigenvalue weighted by atomic mass is 16.5. The third-order valence-corrected chi connectivity index (χ3v) is 4.41. The second kappa shape index (κ2) is 11.8. The van der Waals surface area contributed by atoms with Crippen LogP contribution in [0.25, 0.3) is 0 Å². The maximum Gasteiger partial charge on any atom is 0.194 e. The average molecular weight is 378 g/mol. The van der Waals surface area contributed by atoms with Crippen LogP contribution in [-0.2, 0) is 16.0 Å². The van der Waals surface area contributed by atoms with Gasteiger partial charge in [-0.05, 0) is 44.9 Å².